The van der Waals surface area contributed by atoms with Crippen molar-refractivity contribution in [3.8, 4) is 11.1 Å². The second-order valence-corrected chi connectivity index (χ2v) is 10.9. The van der Waals surface area contributed by atoms with Crippen LogP contribution in [0.2, 0.25) is 5.02 Å². The third kappa shape index (κ3) is 5.12. The molecule has 0 aliphatic heterocycles. The number of sulfonamides is 1. The van der Waals surface area contributed by atoms with E-state index in [9.17, 15) is 8.42 Å². The van der Waals surface area contributed by atoms with Gasteiger partial charge in [0.1, 0.15) is 16.5 Å². The van der Waals surface area contributed by atoms with E-state index in [0.29, 0.717) is 22.9 Å². The van der Waals surface area contributed by atoms with E-state index in [4.69, 9.17) is 11.6 Å². The van der Waals surface area contributed by atoms with Crippen LogP contribution in [0.25, 0.3) is 22.0 Å². The molecule has 10 heteroatoms. The van der Waals surface area contributed by atoms with Gasteiger partial charge in [-0.2, -0.15) is 0 Å². The molecule has 5 rings (SSSR count). The van der Waals surface area contributed by atoms with E-state index in [-0.39, 0.29) is 26.7 Å². The molecule has 2 N–H and O–H groups in total. The topological polar surface area (TPSA) is 84.0 Å². The number of nitrogens with one attached hydrogen (secondary N) is 2. The maximum Gasteiger partial charge on any atom is 0.263 e. The summed E-state index contributed by atoms with van der Waals surface area (Å²) in [6, 6.07) is 12.9. The van der Waals surface area contributed by atoms with Gasteiger partial charge in [-0.1, -0.05) is 49.1 Å². The average molecular weight is 529 g/mol. The van der Waals surface area contributed by atoms with Crippen LogP contribution in [-0.4, -0.2) is 24.4 Å². The Balaban J connectivity index is 1.41. The molecule has 0 radical (unpaired) electrons. The molecule has 0 saturated heterocycles. The molecule has 0 amide bonds. The summed E-state index contributed by atoms with van der Waals surface area (Å²) >= 11 is 5.97. The molecule has 6 nitrogen and oxygen atoms in total. The van der Waals surface area contributed by atoms with Gasteiger partial charge in [0.05, 0.1) is 21.8 Å². The first-order valence-corrected chi connectivity index (χ1v) is 13.5. The Morgan fingerprint density at radius 3 is 2.39 bits per heavy atom. The first kappa shape index (κ1) is 24.4. The van der Waals surface area contributed by atoms with Gasteiger partial charge in [-0.05, 0) is 54.8 Å². The van der Waals surface area contributed by atoms with E-state index < -0.39 is 21.7 Å². The zero-order valence-electron chi connectivity index (χ0n) is 19.1. The summed E-state index contributed by atoms with van der Waals surface area (Å²) in [5, 5.41) is 4.00. The van der Waals surface area contributed by atoms with Gasteiger partial charge in [0.2, 0.25) is 5.95 Å². The Hall–Kier alpha value is -3.30. The number of benzene rings is 3. The highest BCUT2D eigenvalue weighted by atomic mass is 35.5. The number of rotatable bonds is 6. The molecule has 0 spiro atoms. The van der Waals surface area contributed by atoms with Crippen molar-refractivity contribution in [3.63, 3.8) is 0 Å². The molecule has 1 fully saturated rings. The molecule has 0 unspecified atom stereocenters. The van der Waals surface area contributed by atoms with Crippen molar-refractivity contribution in [2.24, 2.45) is 0 Å². The minimum absolute atomic E-state index is 0.00181. The molecule has 0 atom stereocenters. The normalized spacial score (nSPS) is 14.6. The molecule has 36 heavy (non-hydrogen) atoms. The van der Waals surface area contributed by atoms with Crippen LogP contribution in [0, 0.1) is 11.6 Å². The Kier molecular flexibility index (Phi) is 6.77. The van der Waals surface area contributed by atoms with Gasteiger partial charge in [-0.25, -0.2) is 27.2 Å². The minimum Gasteiger partial charge on any atom is -0.351 e. The highest BCUT2D eigenvalue weighted by molar-refractivity contribution is 7.92. The van der Waals surface area contributed by atoms with Gasteiger partial charge >= 0.3 is 0 Å². The predicted octanol–water partition coefficient (Wildman–Crippen LogP) is 6.77. The molecule has 1 aliphatic rings. The highest BCUT2D eigenvalue weighted by Crippen LogP contribution is 2.32. The van der Waals surface area contributed by atoms with Gasteiger partial charge in [0.15, 0.2) is 0 Å². The fraction of sp³-hybridized carbons (Fsp3) is 0.231. The molecule has 186 valence electrons. The number of halogens is 3. The lowest BCUT2D eigenvalue weighted by molar-refractivity contribution is 0.461. The molecule has 3 aromatic carbocycles. The molecular formula is C26H23ClF2N4O2S. The SMILES string of the molecule is O=S(=O)(Nc1cc(F)c(-c2ccc3nc(NC4CCCCC4)ncc3c2)c(F)c1)c1ccccc1Cl. The Bertz CT molecular complexity index is 1520. The summed E-state index contributed by atoms with van der Waals surface area (Å²) in [5.74, 6) is -1.29. The molecule has 0 bridgehead atoms. The number of hydrogen-bond acceptors (Lipinski definition) is 5. The minimum atomic E-state index is -4.14. The van der Waals surface area contributed by atoms with Crippen LogP contribution >= 0.6 is 11.6 Å². The van der Waals surface area contributed by atoms with Crippen molar-refractivity contribution < 1.29 is 17.2 Å². The zero-order chi connectivity index (χ0) is 25.3. The van der Waals surface area contributed by atoms with Crippen LogP contribution < -0.4 is 10.0 Å². The van der Waals surface area contributed by atoms with Crippen molar-refractivity contribution >= 4 is 44.2 Å². The summed E-state index contributed by atoms with van der Waals surface area (Å²) in [5.41, 5.74) is 0.407. The van der Waals surface area contributed by atoms with Gasteiger partial charge in [0.25, 0.3) is 10.0 Å². The van der Waals surface area contributed by atoms with Crippen LogP contribution in [-0.2, 0) is 10.0 Å². The van der Waals surface area contributed by atoms with Crippen molar-refractivity contribution in [1.29, 1.82) is 0 Å². The number of nitrogens with zero attached hydrogens (tertiary/aromatic N) is 2. The van der Waals surface area contributed by atoms with E-state index in [1.165, 1.54) is 37.5 Å². The Morgan fingerprint density at radius 2 is 1.67 bits per heavy atom. The molecule has 1 aromatic heterocycles. The molecule has 1 heterocycles. The van der Waals surface area contributed by atoms with Crippen LogP contribution in [0.1, 0.15) is 32.1 Å². The summed E-state index contributed by atoms with van der Waals surface area (Å²) in [6.07, 6.45) is 7.42. The molecule has 4 aromatic rings. The maximum absolute atomic E-state index is 15.0. The number of aromatic nitrogens is 2. The fourth-order valence-corrected chi connectivity index (χ4v) is 6.03. The van der Waals surface area contributed by atoms with Crippen LogP contribution in [0.3, 0.4) is 0 Å². The standard InChI is InChI=1S/C26H23ClF2N4O2S/c27-20-8-4-5-9-24(20)36(34,35)33-19-13-21(28)25(22(29)14-19)16-10-11-23-17(12-16)15-30-26(32-23)31-18-6-2-1-3-7-18/h4-5,8-15,18,33H,1-3,6-7H2,(H,30,31,32). The predicted molar refractivity (Wildman–Crippen MR) is 138 cm³/mol. The lowest BCUT2D eigenvalue weighted by Gasteiger charge is -2.22. The van der Waals surface area contributed by atoms with Gasteiger partial charge in [-0.15, -0.1) is 0 Å². The first-order valence-electron chi connectivity index (χ1n) is 11.6. The van der Waals surface area contributed by atoms with Crippen LogP contribution in [0.5, 0.6) is 0 Å². The van der Waals surface area contributed by atoms with Gasteiger partial charge < -0.3 is 5.32 Å². The smallest absolute Gasteiger partial charge is 0.263 e. The van der Waals surface area contributed by atoms with Crippen molar-refractivity contribution in [3.05, 3.63) is 77.5 Å². The van der Waals surface area contributed by atoms with Crippen molar-refractivity contribution in [2.45, 2.75) is 43.0 Å². The van der Waals surface area contributed by atoms with Gasteiger partial charge in [0, 0.05) is 17.6 Å². The molecular weight excluding hydrogens is 506 g/mol. The maximum atomic E-state index is 15.0. The summed E-state index contributed by atoms with van der Waals surface area (Å²) < 4.78 is 57.5. The van der Waals surface area contributed by atoms with E-state index in [2.05, 4.69) is 20.0 Å². The quantitative estimate of drug-likeness (QED) is 0.288. The van der Waals surface area contributed by atoms with Crippen LogP contribution in [0.4, 0.5) is 20.4 Å². The summed E-state index contributed by atoms with van der Waals surface area (Å²) in [7, 11) is -4.14. The van der Waals surface area contributed by atoms with Crippen LogP contribution in [0.15, 0.2) is 65.7 Å². The third-order valence-electron chi connectivity index (χ3n) is 6.23. The zero-order valence-corrected chi connectivity index (χ0v) is 20.7. The van der Waals surface area contributed by atoms with E-state index >= 15 is 8.78 Å². The largest absolute Gasteiger partial charge is 0.351 e. The first-order chi connectivity index (χ1) is 17.3. The highest BCUT2D eigenvalue weighted by Gasteiger charge is 2.21. The molecule has 1 saturated carbocycles. The number of hydrogen-bond donors (Lipinski definition) is 2. The fourth-order valence-electron chi connectivity index (χ4n) is 4.47. The monoisotopic (exact) mass is 528 g/mol. The summed E-state index contributed by atoms with van der Waals surface area (Å²) in [4.78, 5) is 8.72. The number of fused-ring (bicyclic) bond motifs is 1. The second kappa shape index (κ2) is 9.99. The van der Waals surface area contributed by atoms with E-state index in [1.807, 2.05) is 0 Å². The van der Waals surface area contributed by atoms with Gasteiger partial charge in [-0.3, -0.25) is 4.72 Å². The lowest BCUT2D eigenvalue weighted by atomic mass is 9.96. The Morgan fingerprint density at radius 1 is 0.944 bits per heavy atom. The van der Waals surface area contributed by atoms with Crippen molar-refractivity contribution in [1.82, 2.24) is 9.97 Å². The van der Waals surface area contributed by atoms with E-state index in [0.717, 1.165) is 25.0 Å². The second-order valence-electron chi connectivity index (χ2n) is 8.80. The summed E-state index contributed by atoms with van der Waals surface area (Å²) in [6.45, 7) is 0. The van der Waals surface area contributed by atoms with Crippen molar-refractivity contribution in [2.75, 3.05) is 10.0 Å². The number of anilines is 2. The Labute approximate surface area is 212 Å². The average Bonchev–Trinajstić information content (AvgIpc) is 2.84. The third-order valence-corrected chi connectivity index (χ3v) is 8.11. The molecule has 1 aliphatic carbocycles. The lowest BCUT2D eigenvalue weighted by Crippen LogP contribution is -2.23. The van der Waals surface area contributed by atoms with E-state index in [1.54, 1.807) is 30.5 Å².